The van der Waals surface area contributed by atoms with Crippen LogP contribution in [-0.4, -0.2) is 18.2 Å². The van der Waals surface area contributed by atoms with E-state index in [1.807, 2.05) is 0 Å². The van der Waals surface area contributed by atoms with Gasteiger partial charge in [-0.05, 0) is 48.4 Å². The molecule has 0 bridgehead atoms. The van der Waals surface area contributed by atoms with Gasteiger partial charge in [0.25, 0.3) is 0 Å². The first-order valence-corrected chi connectivity index (χ1v) is 7.97. The molecule has 0 spiro atoms. The molecule has 0 saturated heterocycles. The first-order chi connectivity index (χ1) is 12.3. The number of carbonyl (C=O) groups excluding carboxylic acids is 2. The molecule has 0 heterocycles. The van der Waals surface area contributed by atoms with Gasteiger partial charge in [-0.2, -0.15) is 13.2 Å². The van der Waals surface area contributed by atoms with Gasteiger partial charge < -0.3 is 5.32 Å². The molecule has 1 N–H and O–H groups in total. The lowest BCUT2D eigenvalue weighted by Gasteiger charge is -2.08. The fourth-order valence-corrected chi connectivity index (χ4v) is 2.30. The summed E-state index contributed by atoms with van der Waals surface area (Å²) in [6.07, 6.45) is -4.00. The molecule has 7 heteroatoms. The molecule has 0 saturated carbocycles. The number of hydrogen-bond acceptors (Lipinski definition) is 2. The molecule has 3 nitrogen and oxygen atoms in total. The van der Waals surface area contributed by atoms with Crippen LogP contribution >= 0.6 is 0 Å². The predicted octanol–water partition coefficient (Wildman–Crippen LogP) is 4.17. The van der Waals surface area contributed by atoms with Gasteiger partial charge in [0, 0.05) is 24.9 Å². The molecule has 26 heavy (non-hydrogen) atoms. The lowest BCUT2D eigenvalue weighted by molar-refractivity contribution is -0.137. The van der Waals surface area contributed by atoms with Crippen molar-refractivity contribution >= 4 is 11.7 Å². The van der Waals surface area contributed by atoms with E-state index in [0.29, 0.717) is 17.5 Å². The van der Waals surface area contributed by atoms with Crippen molar-refractivity contribution in [3.63, 3.8) is 0 Å². The van der Waals surface area contributed by atoms with Crippen molar-refractivity contribution < 1.29 is 27.2 Å². The minimum atomic E-state index is -4.37. The average Bonchev–Trinajstić information content (AvgIpc) is 2.60. The van der Waals surface area contributed by atoms with Crippen molar-refractivity contribution in [3.8, 4) is 0 Å². The Morgan fingerprint density at radius 2 is 1.50 bits per heavy atom. The third-order valence-electron chi connectivity index (χ3n) is 3.76. The third kappa shape index (κ3) is 5.98. The second-order valence-corrected chi connectivity index (χ2v) is 5.72. The number of hydrogen-bond donors (Lipinski definition) is 1. The summed E-state index contributed by atoms with van der Waals surface area (Å²) < 4.78 is 50.2. The first kappa shape index (κ1) is 19.6. The number of nitrogens with one attached hydrogen (secondary N) is 1. The van der Waals surface area contributed by atoms with E-state index in [1.54, 1.807) is 0 Å². The molecule has 0 unspecified atom stereocenters. The summed E-state index contributed by atoms with van der Waals surface area (Å²) in [6.45, 7) is 0.259. The zero-order chi connectivity index (χ0) is 19.2. The van der Waals surface area contributed by atoms with Crippen molar-refractivity contribution in [1.82, 2.24) is 5.32 Å². The van der Waals surface area contributed by atoms with E-state index in [9.17, 15) is 27.2 Å². The molecule has 0 aliphatic heterocycles. The summed E-state index contributed by atoms with van der Waals surface area (Å²) in [6, 6.07) is 9.81. The SMILES string of the molecule is O=C(CCC(=O)c1ccc(F)cc1)NCCc1ccc(C(F)(F)F)cc1. The van der Waals surface area contributed by atoms with E-state index in [1.165, 1.54) is 36.4 Å². The number of alkyl halides is 3. The average molecular weight is 367 g/mol. The Labute approximate surface area is 148 Å². The van der Waals surface area contributed by atoms with Gasteiger partial charge >= 0.3 is 6.18 Å². The monoisotopic (exact) mass is 367 g/mol. The van der Waals surface area contributed by atoms with Crippen molar-refractivity contribution in [2.75, 3.05) is 6.54 Å². The number of rotatable bonds is 7. The van der Waals surface area contributed by atoms with E-state index in [0.717, 1.165) is 12.1 Å². The minimum absolute atomic E-state index is 0.00224. The normalized spacial score (nSPS) is 11.2. The molecule has 0 aromatic heterocycles. The van der Waals surface area contributed by atoms with Gasteiger partial charge in [-0.25, -0.2) is 4.39 Å². The lowest BCUT2D eigenvalue weighted by atomic mass is 10.1. The Balaban J connectivity index is 1.72. The molecule has 0 aliphatic carbocycles. The van der Waals surface area contributed by atoms with Crippen molar-refractivity contribution in [3.05, 3.63) is 71.0 Å². The topological polar surface area (TPSA) is 46.2 Å². The quantitative estimate of drug-likeness (QED) is 0.590. The summed E-state index contributed by atoms with van der Waals surface area (Å²) in [4.78, 5) is 23.6. The zero-order valence-corrected chi connectivity index (χ0v) is 13.8. The number of benzene rings is 2. The van der Waals surface area contributed by atoms with Crippen LogP contribution < -0.4 is 5.32 Å². The van der Waals surface area contributed by atoms with Gasteiger partial charge in [-0.3, -0.25) is 9.59 Å². The van der Waals surface area contributed by atoms with Crippen LogP contribution in [0.25, 0.3) is 0 Å². The van der Waals surface area contributed by atoms with E-state index in [4.69, 9.17) is 0 Å². The Morgan fingerprint density at radius 1 is 0.885 bits per heavy atom. The molecule has 1 amide bonds. The standard InChI is InChI=1S/C19H17F4NO2/c20-16-7-3-14(4-8-16)17(25)9-10-18(26)24-12-11-13-1-5-15(6-2-13)19(21,22)23/h1-8H,9-12H2,(H,24,26). The van der Waals surface area contributed by atoms with Crippen LogP contribution in [0.5, 0.6) is 0 Å². The zero-order valence-electron chi connectivity index (χ0n) is 13.8. The number of Topliss-reactive ketones (excluding diaryl/α,β-unsaturated/α-hetero) is 1. The maximum atomic E-state index is 12.8. The highest BCUT2D eigenvalue weighted by Crippen LogP contribution is 2.29. The summed E-state index contributed by atoms with van der Waals surface area (Å²) in [7, 11) is 0. The fraction of sp³-hybridized carbons (Fsp3) is 0.263. The van der Waals surface area contributed by atoms with Crippen LogP contribution in [0.1, 0.15) is 34.3 Å². The second kappa shape index (κ2) is 8.60. The van der Waals surface area contributed by atoms with Crippen molar-refractivity contribution in [2.24, 2.45) is 0 Å². The number of ketones is 1. The summed E-state index contributed by atoms with van der Waals surface area (Å²) in [5.41, 5.74) is 0.286. The summed E-state index contributed by atoms with van der Waals surface area (Å²) in [5, 5.41) is 2.62. The predicted molar refractivity (Wildman–Crippen MR) is 88.1 cm³/mol. The van der Waals surface area contributed by atoms with Gasteiger partial charge in [0.15, 0.2) is 5.78 Å². The van der Waals surface area contributed by atoms with Crippen LogP contribution in [0, 0.1) is 5.82 Å². The van der Waals surface area contributed by atoms with Crippen LogP contribution in [-0.2, 0) is 17.4 Å². The smallest absolute Gasteiger partial charge is 0.356 e. The van der Waals surface area contributed by atoms with Gasteiger partial charge in [-0.15, -0.1) is 0 Å². The van der Waals surface area contributed by atoms with E-state index >= 15 is 0 Å². The molecule has 2 aromatic rings. The molecular weight excluding hydrogens is 350 g/mol. The highest BCUT2D eigenvalue weighted by atomic mass is 19.4. The first-order valence-electron chi connectivity index (χ1n) is 7.97. The largest absolute Gasteiger partial charge is 0.416 e. The molecular formula is C19H17F4NO2. The van der Waals surface area contributed by atoms with E-state index < -0.39 is 17.6 Å². The number of halogens is 4. The van der Waals surface area contributed by atoms with Crippen LogP contribution in [0.2, 0.25) is 0 Å². The molecule has 0 atom stereocenters. The van der Waals surface area contributed by atoms with Crippen molar-refractivity contribution in [2.45, 2.75) is 25.4 Å². The number of amides is 1. The summed E-state index contributed by atoms with van der Waals surface area (Å²) in [5.74, 6) is -1.03. The maximum absolute atomic E-state index is 12.8. The number of carbonyl (C=O) groups is 2. The van der Waals surface area contributed by atoms with Gasteiger partial charge in [0.1, 0.15) is 5.82 Å². The Hall–Kier alpha value is -2.70. The van der Waals surface area contributed by atoms with Gasteiger partial charge in [0.05, 0.1) is 5.56 Å². The Morgan fingerprint density at radius 3 is 2.08 bits per heavy atom. The third-order valence-corrected chi connectivity index (χ3v) is 3.76. The summed E-state index contributed by atoms with van der Waals surface area (Å²) >= 11 is 0. The highest BCUT2D eigenvalue weighted by molar-refractivity contribution is 5.97. The van der Waals surface area contributed by atoms with Crippen LogP contribution in [0.15, 0.2) is 48.5 Å². The second-order valence-electron chi connectivity index (χ2n) is 5.72. The van der Waals surface area contributed by atoms with Crippen LogP contribution in [0.3, 0.4) is 0 Å². The Kier molecular flexibility index (Phi) is 6.49. The maximum Gasteiger partial charge on any atom is 0.416 e. The fourth-order valence-electron chi connectivity index (χ4n) is 2.30. The van der Waals surface area contributed by atoms with Gasteiger partial charge in [-0.1, -0.05) is 12.1 Å². The molecule has 138 valence electrons. The van der Waals surface area contributed by atoms with E-state index in [-0.39, 0.29) is 31.1 Å². The molecule has 2 rings (SSSR count). The molecule has 0 radical (unpaired) electrons. The van der Waals surface area contributed by atoms with Crippen molar-refractivity contribution in [1.29, 1.82) is 0 Å². The highest BCUT2D eigenvalue weighted by Gasteiger charge is 2.29. The van der Waals surface area contributed by atoms with Crippen LogP contribution in [0.4, 0.5) is 17.6 Å². The molecule has 0 aliphatic rings. The van der Waals surface area contributed by atoms with Gasteiger partial charge in [0.2, 0.25) is 5.91 Å². The minimum Gasteiger partial charge on any atom is -0.356 e. The lowest BCUT2D eigenvalue weighted by Crippen LogP contribution is -2.26. The Bertz CT molecular complexity index is 753. The molecule has 2 aromatic carbocycles. The molecule has 0 fully saturated rings. The van der Waals surface area contributed by atoms with E-state index in [2.05, 4.69) is 5.32 Å².